The van der Waals surface area contributed by atoms with E-state index in [1.54, 1.807) is 10.8 Å². The lowest BCUT2D eigenvalue weighted by molar-refractivity contribution is -0.134. The topological polar surface area (TPSA) is 71.3 Å². The summed E-state index contributed by atoms with van der Waals surface area (Å²) in [6, 6.07) is 3.69. The molecule has 24 heavy (non-hydrogen) atoms. The molecule has 7 heteroatoms. The third-order valence-electron chi connectivity index (χ3n) is 4.39. The maximum Gasteiger partial charge on any atom is 0.295 e. The minimum Gasteiger partial charge on any atom is -0.348 e. The molecule has 1 saturated heterocycles. The summed E-state index contributed by atoms with van der Waals surface area (Å²) < 4.78 is 1.66. The molecule has 0 aliphatic carbocycles. The Hall–Kier alpha value is -2.44. The van der Waals surface area contributed by atoms with E-state index >= 15 is 0 Å². The number of hydrogen-bond acceptors (Lipinski definition) is 5. The highest BCUT2D eigenvalue weighted by molar-refractivity contribution is 5.78. The van der Waals surface area contributed by atoms with Gasteiger partial charge in [-0.2, -0.15) is 0 Å². The molecule has 2 aromatic heterocycles. The number of aromatic nitrogens is 3. The molecule has 3 rings (SSSR count). The molecule has 0 radical (unpaired) electrons. The molecule has 1 aliphatic rings. The number of anilines is 1. The molecule has 128 valence electrons. The van der Waals surface area contributed by atoms with Crippen LogP contribution in [0.1, 0.15) is 20.8 Å². The number of fused-ring (bicyclic) bond motifs is 1. The predicted octanol–water partition coefficient (Wildman–Crippen LogP) is 1.12. The summed E-state index contributed by atoms with van der Waals surface area (Å²) >= 11 is 0. The van der Waals surface area contributed by atoms with Crippen molar-refractivity contribution in [1.29, 1.82) is 0 Å². The van der Waals surface area contributed by atoms with Crippen LogP contribution in [-0.4, -0.2) is 51.5 Å². The fraction of sp³-hybridized carbons (Fsp3) is 0.529. The van der Waals surface area contributed by atoms with Crippen molar-refractivity contribution >= 4 is 22.9 Å². The van der Waals surface area contributed by atoms with Crippen molar-refractivity contribution in [1.82, 2.24) is 19.4 Å². The molecule has 0 unspecified atom stereocenters. The van der Waals surface area contributed by atoms with Gasteiger partial charge >= 0.3 is 0 Å². The number of nitrogens with zero attached hydrogens (tertiary/aromatic N) is 5. The van der Waals surface area contributed by atoms with Crippen molar-refractivity contribution in [3.05, 3.63) is 28.7 Å². The first-order chi connectivity index (χ1) is 11.5. The molecular formula is C17H23N5O2. The third kappa shape index (κ3) is 2.86. The summed E-state index contributed by atoms with van der Waals surface area (Å²) in [5, 5.41) is 0. The minimum absolute atomic E-state index is 0.00117. The van der Waals surface area contributed by atoms with Crippen LogP contribution in [-0.2, 0) is 11.3 Å². The van der Waals surface area contributed by atoms with E-state index in [1.807, 2.05) is 42.7 Å². The van der Waals surface area contributed by atoms with E-state index in [0.29, 0.717) is 44.2 Å². The Labute approximate surface area is 140 Å². The van der Waals surface area contributed by atoms with Gasteiger partial charge in [0, 0.05) is 44.8 Å². The molecule has 0 atom stereocenters. The first-order valence-corrected chi connectivity index (χ1v) is 8.42. The maximum atomic E-state index is 12.8. The Morgan fingerprint density at radius 1 is 1.25 bits per heavy atom. The molecule has 2 aromatic rings. The second-order valence-corrected chi connectivity index (χ2v) is 6.30. The zero-order valence-corrected chi connectivity index (χ0v) is 14.4. The van der Waals surface area contributed by atoms with Crippen LogP contribution in [0, 0.1) is 5.92 Å². The lowest BCUT2D eigenvalue weighted by atomic mass is 10.1. The van der Waals surface area contributed by atoms with Crippen LogP contribution in [0.4, 0.5) is 5.82 Å². The molecule has 0 N–H and O–H groups in total. The van der Waals surface area contributed by atoms with E-state index in [0.717, 1.165) is 5.52 Å². The zero-order valence-electron chi connectivity index (χ0n) is 14.4. The fourth-order valence-corrected chi connectivity index (χ4v) is 3.07. The summed E-state index contributed by atoms with van der Waals surface area (Å²) in [5.74, 6) is 0.615. The number of hydrogen-bond donors (Lipinski definition) is 0. The van der Waals surface area contributed by atoms with Crippen LogP contribution in [0.25, 0.3) is 11.2 Å². The van der Waals surface area contributed by atoms with Crippen molar-refractivity contribution in [2.45, 2.75) is 27.3 Å². The molecule has 0 bridgehead atoms. The van der Waals surface area contributed by atoms with Crippen LogP contribution >= 0.6 is 0 Å². The van der Waals surface area contributed by atoms with E-state index in [4.69, 9.17) is 0 Å². The van der Waals surface area contributed by atoms with E-state index in [1.165, 1.54) is 0 Å². The van der Waals surface area contributed by atoms with Gasteiger partial charge in [0.25, 0.3) is 5.56 Å². The summed E-state index contributed by atoms with van der Waals surface area (Å²) in [4.78, 5) is 37.5. The standard InChI is InChI=1S/C17H23N5O2/c1-4-22-14-13(6-5-7-18-14)19-15(17(22)24)20-8-10-21(11-9-20)16(23)12(2)3/h5-7,12H,4,8-11H2,1-3H3. The molecule has 1 amide bonds. The first kappa shape index (κ1) is 16.4. The minimum atomic E-state index is -0.118. The van der Waals surface area contributed by atoms with Gasteiger partial charge in [0.15, 0.2) is 11.5 Å². The molecule has 0 saturated carbocycles. The number of amides is 1. The average Bonchev–Trinajstić information content (AvgIpc) is 2.60. The Bertz CT molecular complexity index is 806. The molecule has 0 aromatic carbocycles. The van der Waals surface area contributed by atoms with Crippen LogP contribution in [0.15, 0.2) is 23.1 Å². The lowest BCUT2D eigenvalue weighted by Crippen LogP contribution is -2.51. The average molecular weight is 329 g/mol. The third-order valence-corrected chi connectivity index (χ3v) is 4.39. The fourth-order valence-electron chi connectivity index (χ4n) is 3.07. The van der Waals surface area contributed by atoms with Crippen molar-refractivity contribution in [2.24, 2.45) is 5.92 Å². The highest BCUT2D eigenvalue weighted by Crippen LogP contribution is 2.15. The summed E-state index contributed by atoms with van der Waals surface area (Å²) in [6.07, 6.45) is 1.67. The smallest absolute Gasteiger partial charge is 0.295 e. The molecule has 7 nitrogen and oxygen atoms in total. The first-order valence-electron chi connectivity index (χ1n) is 8.42. The van der Waals surface area contributed by atoms with E-state index in [9.17, 15) is 9.59 Å². The van der Waals surface area contributed by atoms with E-state index < -0.39 is 0 Å². The number of aryl methyl sites for hydroxylation is 1. The van der Waals surface area contributed by atoms with Crippen molar-refractivity contribution < 1.29 is 4.79 Å². The van der Waals surface area contributed by atoms with Gasteiger partial charge in [0.05, 0.1) is 0 Å². The molecule has 3 heterocycles. The van der Waals surface area contributed by atoms with Crippen LogP contribution in [0.3, 0.4) is 0 Å². The Kier molecular flexibility index (Phi) is 4.51. The van der Waals surface area contributed by atoms with Gasteiger partial charge in [-0.3, -0.25) is 14.2 Å². The highest BCUT2D eigenvalue weighted by atomic mass is 16.2. The van der Waals surface area contributed by atoms with Gasteiger partial charge in [-0.05, 0) is 19.1 Å². The van der Waals surface area contributed by atoms with Gasteiger partial charge in [0.1, 0.15) is 5.52 Å². The van der Waals surface area contributed by atoms with E-state index in [2.05, 4.69) is 9.97 Å². The summed E-state index contributed by atoms with van der Waals surface area (Å²) in [6.45, 7) is 8.78. The molecule has 1 aliphatic heterocycles. The Morgan fingerprint density at radius 3 is 2.58 bits per heavy atom. The van der Waals surface area contributed by atoms with Gasteiger partial charge in [0.2, 0.25) is 5.91 Å². The second-order valence-electron chi connectivity index (χ2n) is 6.30. The van der Waals surface area contributed by atoms with Crippen LogP contribution < -0.4 is 10.5 Å². The summed E-state index contributed by atoms with van der Waals surface area (Å²) in [5.41, 5.74) is 1.21. The monoisotopic (exact) mass is 329 g/mol. The quantitative estimate of drug-likeness (QED) is 0.844. The number of carbonyl (C=O) groups excluding carboxylic acids is 1. The van der Waals surface area contributed by atoms with Crippen LogP contribution in [0.5, 0.6) is 0 Å². The molecule has 1 fully saturated rings. The van der Waals surface area contributed by atoms with Crippen molar-refractivity contribution in [2.75, 3.05) is 31.1 Å². The van der Waals surface area contributed by atoms with Gasteiger partial charge < -0.3 is 9.80 Å². The zero-order chi connectivity index (χ0) is 17.3. The predicted molar refractivity (Wildman–Crippen MR) is 93.1 cm³/mol. The van der Waals surface area contributed by atoms with Crippen molar-refractivity contribution in [3.8, 4) is 0 Å². The van der Waals surface area contributed by atoms with Gasteiger partial charge in [-0.15, -0.1) is 0 Å². The number of rotatable bonds is 3. The number of carbonyl (C=O) groups is 1. The Balaban J connectivity index is 1.90. The lowest BCUT2D eigenvalue weighted by Gasteiger charge is -2.36. The SMILES string of the molecule is CCn1c(=O)c(N2CCN(C(=O)C(C)C)CC2)nc2cccnc21. The normalized spacial score (nSPS) is 15.3. The van der Waals surface area contributed by atoms with E-state index in [-0.39, 0.29) is 17.4 Å². The van der Waals surface area contributed by atoms with Crippen molar-refractivity contribution in [3.63, 3.8) is 0 Å². The molecular weight excluding hydrogens is 306 g/mol. The number of pyridine rings is 1. The maximum absolute atomic E-state index is 12.8. The Morgan fingerprint density at radius 2 is 1.96 bits per heavy atom. The summed E-state index contributed by atoms with van der Waals surface area (Å²) in [7, 11) is 0. The molecule has 0 spiro atoms. The second kappa shape index (κ2) is 6.59. The highest BCUT2D eigenvalue weighted by Gasteiger charge is 2.25. The number of piperazine rings is 1. The largest absolute Gasteiger partial charge is 0.348 e. The van der Waals surface area contributed by atoms with Gasteiger partial charge in [-0.1, -0.05) is 13.8 Å². The van der Waals surface area contributed by atoms with Gasteiger partial charge in [-0.25, -0.2) is 9.97 Å². The van der Waals surface area contributed by atoms with Crippen LogP contribution in [0.2, 0.25) is 0 Å².